The lowest BCUT2D eigenvalue weighted by Gasteiger charge is -2.34. The van der Waals surface area contributed by atoms with Gasteiger partial charge in [0.25, 0.3) is 5.91 Å². The average Bonchev–Trinajstić information content (AvgIpc) is 3.35. The lowest BCUT2D eigenvalue weighted by atomic mass is 9.96. The fourth-order valence-electron chi connectivity index (χ4n) is 3.31. The number of benzene rings is 1. The van der Waals surface area contributed by atoms with Gasteiger partial charge in [0.05, 0.1) is 25.0 Å². The lowest BCUT2D eigenvalue weighted by molar-refractivity contribution is -0.173. The molecule has 0 saturated heterocycles. The molecule has 1 aromatic carbocycles. The van der Waals surface area contributed by atoms with Gasteiger partial charge < -0.3 is 15.1 Å². The summed E-state index contributed by atoms with van der Waals surface area (Å²) in [5, 5.41) is 9.54. The van der Waals surface area contributed by atoms with Gasteiger partial charge in [0.1, 0.15) is 17.1 Å². The second-order valence-electron chi connectivity index (χ2n) is 6.51. The Morgan fingerprint density at radius 3 is 2.71 bits per heavy atom. The van der Waals surface area contributed by atoms with Gasteiger partial charge in [-0.15, -0.1) is 0 Å². The number of halogens is 3. The van der Waals surface area contributed by atoms with Crippen molar-refractivity contribution in [1.82, 2.24) is 15.1 Å². The Hall–Kier alpha value is -3.23. The molecule has 3 aromatic rings. The molecule has 0 unspecified atom stereocenters. The van der Waals surface area contributed by atoms with Crippen molar-refractivity contribution in [3.63, 3.8) is 0 Å². The molecule has 4 rings (SSSR count). The van der Waals surface area contributed by atoms with Gasteiger partial charge in [-0.1, -0.05) is 30.3 Å². The number of carbonyl (C=O) groups is 1. The molecule has 1 aliphatic heterocycles. The Morgan fingerprint density at radius 2 is 2.04 bits per heavy atom. The van der Waals surface area contributed by atoms with Crippen molar-refractivity contribution in [3.8, 4) is 0 Å². The number of fused-ring (bicyclic) bond motifs is 1. The van der Waals surface area contributed by atoms with E-state index in [1.807, 2.05) is 0 Å². The molecule has 0 radical (unpaired) electrons. The highest BCUT2D eigenvalue weighted by Crippen LogP contribution is 2.44. The highest BCUT2D eigenvalue weighted by Gasteiger charge is 2.47. The first kappa shape index (κ1) is 18.1. The number of furan rings is 1. The number of alkyl halides is 3. The Bertz CT molecular complexity index is 951. The van der Waals surface area contributed by atoms with Crippen LogP contribution in [0.25, 0.3) is 0 Å². The van der Waals surface area contributed by atoms with Crippen LogP contribution in [-0.2, 0) is 6.54 Å². The van der Waals surface area contributed by atoms with Crippen molar-refractivity contribution in [3.05, 3.63) is 71.8 Å². The quantitative estimate of drug-likeness (QED) is 0.705. The van der Waals surface area contributed by atoms with E-state index in [-0.39, 0.29) is 24.3 Å². The highest BCUT2D eigenvalue weighted by atomic mass is 19.4. The smallest absolute Gasteiger partial charge is 0.410 e. The van der Waals surface area contributed by atoms with Crippen LogP contribution in [0.1, 0.15) is 40.2 Å². The Kier molecular flexibility index (Phi) is 4.58. The molecular formula is C19H17F3N4O2. The van der Waals surface area contributed by atoms with Gasteiger partial charge in [-0.2, -0.15) is 18.3 Å². The maximum atomic E-state index is 13.7. The summed E-state index contributed by atoms with van der Waals surface area (Å²) >= 11 is 0. The number of carbonyl (C=O) groups excluding carboxylic acids is 1. The molecule has 0 saturated carbocycles. The maximum Gasteiger partial charge on any atom is 0.410 e. The van der Waals surface area contributed by atoms with Gasteiger partial charge in [-0.3, -0.25) is 4.79 Å². The van der Waals surface area contributed by atoms with Crippen LogP contribution in [-0.4, -0.2) is 21.9 Å². The second-order valence-corrected chi connectivity index (χ2v) is 6.51. The van der Waals surface area contributed by atoms with Crippen LogP contribution in [0.15, 0.2) is 59.3 Å². The van der Waals surface area contributed by atoms with E-state index in [0.29, 0.717) is 11.3 Å². The molecule has 0 spiro atoms. The molecule has 9 heteroatoms. The van der Waals surface area contributed by atoms with Gasteiger partial charge >= 0.3 is 6.18 Å². The van der Waals surface area contributed by atoms with E-state index < -0.39 is 24.2 Å². The zero-order chi connectivity index (χ0) is 19.7. The van der Waals surface area contributed by atoms with E-state index in [9.17, 15) is 18.0 Å². The molecule has 2 N–H and O–H groups in total. The van der Waals surface area contributed by atoms with Crippen LogP contribution in [0, 0.1) is 0 Å². The molecule has 1 amide bonds. The van der Waals surface area contributed by atoms with E-state index in [2.05, 4.69) is 15.7 Å². The summed E-state index contributed by atoms with van der Waals surface area (Å²) in [5.74, 6) is 0.0665. The predicted octanol–water partition coefficient (Wildman–Crippen LogP) is 4.07. The first-order valence-corrected chi connectivity index (χ1v) is 8.70. The van der Waals surface area contributed by atoms with Gasteiger partial charge in [-0.25, -0.2) is 4.68 Å². The fourth-order valence-corrected chi connectivity index (χ4v) is 3.31. The Morgan fingerprint density at radius 1 is 1.25 bits per heavy atom. The summed E-state index contributed by atoms with van der Waals surface area (Å²) in [6.07, 6.45) is -2.07. The minimum atomic E-state index is -4.49. The van der Waals surface area contributed by atoms with Crippen molar-refractivity contribution in [2.45, 2.75) is 31.2 Å². The van der Waals surface area contributed by atoms with E-state index >= 15 is 0 Å². The van der Waals surface area contributed by atoms with Crippen LogP contribution in [0.5, 0.6) is 0 Å². The topological polar surface area (TPSA) is 72.1 Å². The van der Waals surface area contributed by atoms with Gasteiger partial charge in [-0.05, 0) is 17.7 Å². The molecule has 2 atom stereocenters. The molecule has 0 bridgehead atoms. The molecule has 0 fully saturated rings. The average molecular weight is 390 g/mol. The van der Waals surface area contributed by atoms with Crippen LogP contribution in [0.3, 0.4) is 0 Å². The summed E-state index contributed by atoms with van der Waals surface area (Å²) in [6.45, 7) is 0.126. The van der Waals surface area contributed by atoms with E-state index in [4.69, 9.17) is 4.42 Å². The van der Waals surface area contributed by atoms with Gasteiger partial charge in [0.2, 0.25) is 0 Å². The number of hydrogen-bond donors (Lipinski definition) is 2. The Balaban J connectivity index is 1.64. The maximum absolute atomic E-state index is 13.7. The molecule has 6 nitrogen and oxygen atoms in total. The summed E-state index contributed by atoms with van der Waals surface area (Å²) in [5.41, 5.74) is 0.771. The third-order valence-corrected chi connectivity index (χ3v) is 4.69. The molecule has 146 valence electrons. The predicted molar refractivity (Wildman–Crippen MR) is 94.6 cm³/mol. The number of hydrogen-bond acceptors (Lipinski definition) is 4. The van der Waals surface area contributed by atoms with Crippen molar-refractivity contribution in [2.24, 2.45) is 0 Å². The first-order valence-electron chi connectivity index (χ1n) is 8.70. The number of nitrogens with one attached hydrogen (secondary N) is 2. The molecular weight excluding hydrogens is 373 g/mol. The fraction of sp³-hybridized carbons (Fsp3) is 0.263. The largest absolute Gasteiger partial charge is 0.467 e. The molecule has 0 aliphatic carbocycles. The van der Waals surface area contributed by atoms with Crippen LogP contribution in [0.4, 0.5) is 19.0 Å². The number of anilines is 1. The number of nitrogens with zero attached hydrogens (tertiary/aromatic N) is 2. The number of aromatic nitrogens is 2. The normalized spacial score (nSPS) is 19.0. The van der Waals surface area contributed by atoms with E-state index in [1.54, 1.807) is 42.5 Å². The van der Waals surface area contributed by atoms with Crippen LogP contribution in [0.2, 0.25) is 0 Å². The standard InChI is InChI=1S/C19H17F3N4O2/c20-19(21,22)16-9-15(12-5-2-1-3-6-12)25-17-14(11-24-26(16)17)18(27)23-10-13-7-4-8-28-13/h1-8,11,15-16,25H,9-10H2,(H,23,27)/t15-,16-/m1/s1. The zero-order valence-electron chi connectivity index (χ0n) is 14.6. The second kappa shape index (κ2) is 7.06. The van der Waals surface area contributed by atoms with Crippen LogP contribution < -0.4 is 10.6 Å². The van der Waals surface area contributed by atoms with Gasteiger partial charge in [0.15, 0.2) is 6.04 Å². The molecule has 2 aromatic heterocycles. The SMILES string of the molecule is O=C(NCc1ccco1)c1cnn2c1N[C@@H](c1ccccc1)C[C@@H]2C(F)(F)F. The van der Waals surface area contributed by atoms with Crippen molar-refractivity contribution >= 4 is 11.7 Å². The first-order chi connectivity index (χ1) is 13.4. The third kappa shape index (κ3) is 3.47. The van der Waals surface area contributed by atoms with E-state index in [1.165, 1.54) is 6.26 Å². The monoisotopic (exact) mass is 390 g/mol. The highest BCUT2D eigenvalue weighted by molar-refractivity contribution is 5.98. The zero-order valence-corrected chi connectivity index (χ0v) is 14.6. The molecule has 1 aliphatic rings. The minimum absolute atomic E-state index is 0.0550. The van der Waals surface area contributed by atoms with Crippen molar-refractivity contribution in [1.29, 1.82) is 0 Å². The Labute approximate surface area is 158 Å². The summed E-state index contributed by atoms with van der Waals surface area (Å²) in [4.78, 5) is 12.5. The van der Waals surface area contributed by atoms with Crippen molar-refractivity contribution < 1.29 is 22.4 Å². The summed E-state index contributed by atoms with van der Waals surface area (Å²) in [6, 6.07) is 9.81. The molecule has 3 heterocycles. The van der Waals surface area contributed by atoms with Crippen molar-refractivity contribution in [2.75, 3.05) is 5.32 Å². The summed E-state index contributed by atoms with van der Waals surface area (Å²) < 4.78 is 47.0. The summed E-state index contributed by atoms with van der Waals surface area (Å²) in [7, 11) is 0. The molecule has 28 heavy (non-hydrogen) atoms. The number of rotatable bonds is 4. The lowest BCUT2D eigenvalue weighted by Crippen LogP contribution is -2.36. The number of amides is 1. The van der Waals surface area contributed by atoms with Crippen LogP contribution >= 0.6 is 0 Å². The van der Waals surface area contributed by atoms with Gasteiger partial charge in [0, 0.05) is 6.42 Å². The van der Waals surface area contributed by atoms with E-state index in [0.717, 1.165) is 10.9 Å². The minimum Gasteiger partial charge on any atom is -0.467 e. The third-order valence-electron chi connectivity index (χ3n) is 4.69.